The number of guanidine groups is 1. The largest absolute Gasteiger partial charge is 0.401 e. The van der Waals surface area contributed by atoms with Gasteiger partial charge >= 0.3 is 6.18 Å². The van der Waals surface area contributed by atoms with E-state index in [2.05, 4.69) is 21.7 Å². The van der Waals surface area contributed by atoms with E-state index in [-0.39, 0.29) is 30.0 Å². The molecule has 1 aliphatic heterocycles. The molecule has 1 aliphatic carbocycles. The first kappa shape index (κ1) is 22.5. The van der Waals surface area contributed by atoms with Crippen molar-refractivity contribution in [2.24, 2.45) is 4.99 Å². The van der Waals surface area contributed by atoms with Crippen LogP contribution in [-0.4, -0.2) is 55.8 Å². The summed E-state index contributed by atoms with van der Waals surface area (Å²) in [5.41, 5.74) is 1.48. The van der Waals surface area contributed by atoms with E-state index in [1.807, 2.05) is 6.92 Å². The molecule has 0 spiro atoms. The Balaban J connectivity index is 0.00000312. The summed E-state index contributed by atoms with van der Waals surface area (Å²) in [5.74, 6) is 0.716. The number of nitrogens with zero attached hydrogens (tertiary/aromatic N) is 2. The van der Waals surface area contributed by atoms with Crippen molar-refractivity contribution in [2.75, 3.05) is 32.7 Å². The maximum absolute atomic E-state index is 12.5. The highest BCUT2D eigenvalue weighted by atomic mass is 127. The first-order valence-corrected chi connectivity index (χ1v) is 8.98. The number of halogens is 4. The second-order valence-electron chi connectivity index (χ2n) is 6.60. The second kappa shape index (κ2) is 11.3. The summed E-state index contributed by atoms with van der Waals surface area (Å²) in [6.45, 7) is 3.52. The lowest BCUT2D eigenvalue weighted by Gasteiger charge is -2.20. The van der Waals surface area contributed by atoms with Crippen molar-refractivity contribution in [2.45, 2.75) is 57.7 Å². The maximum Gasteiger partial charge on any atom is 0.401 e. The molecule has 8 heteroatoms. The molecule has 2 N–H and O–H groups in total. The zero-order valence-corrected chi connectivity index (χ0v) is 17.2. The van der Waals surface area contributed by atoms with Gasteiger partial charge in [-0.1, -0.05) is 11.6 Å². The first-order valence-electron chi connectivity index (χ1n) is 8.98. The van der Waals surface area contributed by atoms with Gasteiger partial charge in [0.2, 0.25) is 0 Å². The molecule has 2 aliphatic rings. The third-order valence-corrected chi connectivity index (χ3v) is 4.45. The molecular weight excluding hydrogens is 444 g/mol. The van der Waals surface area contributed by atoms with Gasteiger partial charge in [-0.05, 0) is 45.4 Å². The van der Waals surface area contributed by atoms with Gasteiger partial charge in [0.1, 0.15) is 0 Å². The summed E-state index contributed by atoms with van der Waals surface area (Å²) < 4.78 is 37.4. The highest BCUT2D eigenvalue weighted by molar-refractivity contribution is 14.0. The van der Waals surface area contributed by atoms with E-state index >= 15 is 0 Å². The van der Waals surface area contributed by atoms with Crippen LogP contribution in [0.15, 0.2) is 16.6 Å². The smallest absolute Gasteiger partial charge is 0.357 e. The zero-order valence-electron chi connectivity index (χ0n) is 14.9. The summed E-state index contributed by atoms with van der Waals surface area (Å²) in [7, 11) is 0. The third-order valence-electron chi connectivity index (χ3n) is 4.45. The van der Waals surface area contributed by atoms with Gasteiger partial charge in [-0.25, -0.2) is 0 Å². The van der Waals surface area contributed by atoms with Crippen LogP contribution in [0.25, 0.3) is 0 Å². The number of allylic oxidation sites excluding steroid dienone is 1. The molecule has 4 nitrogen and oxygen atoms in total. The quantitative estimate of drug-likeness (QED) is 0.267. The SMILES string of the molecule is CCNC(=NCCC1=CCCCC1)NC1CCN(CC(F)(F)F)C1.I. The van der Waals surface area contributed by atoms with Gasteiger partial charge in [-0.2, -0.15) is 13.2 Å². The molecule has 1 unspecified atom stereocenters. The number of hydrogen-bond acceptors (Lipinski definition) is 2. The van der Waals surface area contributed by atoms with Crippen LogP contribution in [0.1, 0.15) is 45.4 Å². The Morgan fingerprint density at radius 2 is 2.16 bits per heavy atom. The van der Waals surface area contributed by atoms with Crippen LogP contribution in [-0.2, 0) is 0 Å². The summed E-state index contributed by atoms with van der Waals surface area (Å²) in [6, 6.07) is 0.0269. The highest BCUT2D eigenvalue weighted by Gasteiger charge is 2.34. The van der Waals surface area contributed by atoms with Gasteiger partial charge in [0.15, 0.2) is 5.96 Å². The van der Waals surface area contributed by atoms with E-state index in [4.69, 9.17) is 0 Å². The Kier molecular flexibility index (Phi) is 10.1. The zero-order chi connectivity index (χ0) is 17.4. The highest BCUT2D eigenvalue weighted by Crippen LogP contribution is 2.21. The van der Waals surface area contributed by atoms with E-state index in [0.29, 0.717) is 25.5 Å². The Morgan fingerprint density at radius 1 is 1.36 bits per heavy atom. The van der Waals surface area contributed by atoms with Crippen LogP contribution in [0.5, 0.6) is 0 Å². The van der Waals surface area contributed by atoms with Crippen molar-refractivity contribution in [3.8, 4) is 0 Å². The molecule has 1 saturated heterocycles. The van der Waals surface area contributed by atoms with Gasteiger partial charge < -0.3 is 10.6 Å². The Hall–Kier alpha value is -0.510. The number of hydrogen-bond donors (Lipinski definition) is 2. The molecule has 146 valence electrons. The molecule has 1 atom stereocenters. The summed E-state index contributed by atoms with van der Waals surface area (Å²) in [4.78, 5) is 6.04. The van der Waals surface area contributed by atoms with Crippen molar-refractivity contribution >= 4 is 29.9 Å². The van der Waals surface area contributed by atoms with Crippen LogP contribution in [0, 0.1) is 0 Å². The van der Waals surface area contributed by atoms with Gasteiger partial charge in [0.05, 0.1) is 6.54 Å². The number of alkyl halides is 3. The van der Waals surface area contributed by atoms with Gasteiger partial charge in [0, 0.05) is 32.2 Å². The topological polar surface area (TPSA) is 39.7 Å². The lowest BCUT2D eigenvalue weighted by atomic mass is 9.97. The molecule has 0 saturated carbocycles. The Labute approximate surface area is 165 Å². The van der Waals surface area contributed by atoms with Gasteiger partial charge in [-0.3, -0.25) is 9.89 Å². The van der Waals surface area contributed by atoms with Crippen LogP contribution >= 0.6 is 24.0 Å². The van der Waals surface area contributed by atoms with Crippen molar-refractivity contribution in [1.29, 1.82) is 0 Å². The molecule has 0 radical (unpaired) electrons. The standard InChI is InChI=1S/C17H29F3N4.HI/c1-2-21-16(22-10-8-14-6-4-3-5-7-14)23-15-9-11-24(12-15)13-17(18,19)20;/h6,15H,2-5,7-13H2,1H3,(H2,21,22,23);1H. The molecule has 25 heavy (non-hydrogen) atoms. The minimum atomic E-state index is -4.12. The fraction of sp³-hybridized carbons (Fsp3) is 0.824. The van der Waals surface area contributed by atoms with Gasteiger partial charge in [-0.15, -0.1) is 24.0 Å². The van der Waals surface area contributed by atoms with Crippen molar-refractivity contribution in [3.05, 3.63) is 11.6 Å². The molecule has 0 amide bonds. The molecule has 0 aromatic carbocycles. The third kappa shape index (κ3) is 9.12. The fourth-order valence-corrected chi connectivity index (χ4v) is 3.30. The minimum Gasteiger partial charge on any atom is -0.357 e. The van der Waals surface area contributed by atoms with Crippen molar-refractivity contribution in [1.82, 2.24) is 15.5 Å². The van der Waals surface area contributed by atoms with Gasteiger partial charge in [0.25, 0.3) is 0 Å². The molecule has 2 rings (SSSR count). The number of likely N-dealkylation sites (tertiary alicyclic amines) is 1. The molecule has 1 fully saturated rings. The normalized spacial score (nSPS) is 22.3. The summed E-state index contributed by atoms with van der Waals surface area (Å²) in [6.07, 6.45) is 4.79. The Bertz CT molecular complexity index is 452. The molecule has 0 aromatic heterocycles. The molecular formula is C17H30F3IN4. The lowest BCUT2D eigenvalue weighted by Crippen LogP contribution is -2.45. The summed E-state index contributed by atoms with van der Waals surface area (Å²) >= 11 is 0. The van der Waals surface area contributed by atoms with Crippen molar-refractivity contribution in [3.63, 3.8) is 0 Å². The maximum atomic E-state index is 12.5. The molecule has 0 aromatic rings. The van der Waals surface area contributed by atoms with E-state index in [1.165, 1.54) is 36.2 Å². The Morgan fingerprint density at radius 3 is 2.80 bits per heavy atom. The first-order chi connectivity index (χ1) is 11.5. The monoisotopic (exact) mass is 474 g/mol. The van der Waals surface area contributed by atoms with Crippen LogP contribution in [0.2, 0.25) is 0 Å². The van der Waals surface area contributed by atoms with Crippen LogP contribution < -0.4 is 10.6 Å². The van der Waals surface area contributed by atoms with E-state index in [9.17, 15) is 13.2 Å². The summed E-state index contributed by atoms with van der Waals surface area (Å²) in [5, 5.41) is 6.47. The number of rotatable bonds is 6. The average Bonchev–Trinajstić information content (AvgIpc) is 2.93. The predicted octanol–water partition coefficient (Wildman–Crippen LogP) is 3.69. The lowest BCUT2D eigenvalue weighted by molar-refractivity contribution is -0.143. The second-order valence-corrected chi connectivity index (χ2v) is 6.60. The number of aliphatic imine (C=N–C) groups is 1. The van der Waals surface area contributed by atoms with E-state index in [1.54, 1.807) is 0 Å². The average molecular weight is 474 g/mol. The predicted molar refractivity (Wildman–Crippen MR) is 107 cm³/mol. The molecule has 1 heterocycles. The van der Waals surface area contributed by atoms with Crippen molar-refractivity contribution < 1.29 is 13.2 Å². The van der Waals surface area contributed by atoms with Crippen LogP contribution in [0.3, 0.4) is 0 Å². The minimum absolute atomic E-state index is 0. The fourth-order valence-electron chi connectivity index (χ4n) is 3.30. The number of nitrogens with one attached hydrogen (secondary N) is 2. The van der Waals surface area contributed by atoms with Crippen LogP contribution in [0.4, 0.5) is 13.2 Å². The van der Waals surface area contributed by atoms with E-state index in [0.717, 1.165) is 19.5 Å². The molecule has 0 bridgehead atoms. The van der Waals surface area contributed by atoms with E-state index < -0.39 is 12.7 Å².